The number of hydrogen-bond acceptors (Lipinski definition) is 13. The third kappa shape index (κ3) is 11.2. The molecule has 8 rings (SSSR count). The fraction of sp³-hybridized carbons (Fsp3) is 0.577. The number of fused-ring (bicyclic) bond motifs is 9. The molecule has 8 N–H and O–H groups in total. The summed E-state index contributed by atoms with van der Waals surface area (Å²) in [4.78, 5) is 11.4. The second-order valence-corrected chi connectivity index (χ2v) is 19.3. The summed E-state index contributed by atoms with van der Waals surface area (Å²) in [5.74, 6) is 0.943. The van der Waals surface area contributed by atoms with Gasteiger partial charge in [-0.3, -0.25) is 0 Å². The molecule has 1 saturated heterocycles. The predicted molar refractivity (Wildman–Crippen MR) is 244 cm³/mol. The lowest BCUT2D eigenvalue weighted by molar-refractivity contribution is -0.334. The minimum atomic E-state index is -2.32. The fourth-order valence-electron chi connectivity index (χ4n) is 11.5. The van der Waals surface area contributed by atoms with Gasteiger partial charge in [-0.05, 0) is 141 Å². The fourth-order valence-corrected chi connectivity index (χ4v) is 11.5. The quantitative estimate of drug-likeness (QED) is 0.0663. The van der Waals surface area contributed by atoms with Crippen molar-refractivity contribution in [2.45, 2.75) is 131 Å². The van der Waals surface area contributed by atoms with Crippen LogP contribution in [0.2, 0.25) is 0 Å². The average Bonchev–Trinajstić information content (AvgIpc) is 3.92. The molecule has 2 aliphatic carbocycles. The van der Waals surface area contributed by atoms with E-state index < -0.39 is 65.9 Å². The van der Waals surface area contributed by atoms with E-state index in [0.29, 0.717) is 50.5 Å². The van der Waals surface area contributed by atoms with E-state index >= 15 is 0 Å². The Morgan fingerprint density at radius 3 is 2.55 bits per heavy atom. The number of ether oxygens (including phenoxy) is 4. The van der Waals surface area contributed by atoms with Crippen LogP contribution in [0.1, 0.15) is 96.4 Å². The number of aromatic nitrogens is 1. The van der Waals surface area contributed by atoms with Crippen molar-refractivity contribution in [1.29, 1.82) is 5.26 Å². The second kappa shape index (κ2) is 22.1. The Morgan fingerprint density at radius 1 is 1.07 bits per heavy atom. The van der Waals surface area contributed by atoms with E-state index in [-0.39, 0.29) is 80.5 Å². The van der Waals surface area contributed by atoms with Gasteiger partial charge in [-0.15, -0.1) is 6.58 Å². The molecule has 0 spiro atoms. The van der Waals surface area contributed by atoms with Crippen LogP contribution in [0.3, 0.4) is 0 Å². The Morgan fingerprint density at radius 2 is 1.87 bits per heavy atom. The summed E-state index contributed by atoms with van der Waals surface area (Å²) in [5.41, 5.74) is -0.00761. The van der Waals surface area contributed by atoms with Crippen LogP contribution in [0.15, 0.2) is 73.6 Å². The third-order valence-electron chi connectivity index (χ3n) is 15.0. The molecule has 0 unspecified atom stereocenters. The lowest BCUT2D eigenvalue weighted by Crippen LogP contribution is -2.70. The van der Waals surface area contributed by atoms with Gasteiger partial charge in [0.2, 0.25) is 6.29 Å². The highest BCUT2D eigenvalue weighted by molar-refractivity contribution is 5.87. The van der Waals surface area contributed by atoms with E-state index in [1.165, 1.54) is 0 Å². The maximum atomic E-state index is 13.0. The first-order chi connectivity index (χ1) is 32.2. The molecule has 4 heterocycles. The van der Waals surface area contributed by atoms with Crippen molar-refractivity contribution >= 4 is 5.97 Å². The number of nitriles is 1. The number of aliphatic hydroxyl groups excluding tert-OH is 5. The molecule has 15 nitrogen and oxygen atoms in total. The molecular weight excluding hydrogens is 861 g/mol. The topological polar surface area (TPSA) is 245 Å². The molecular formula is C52H66N2O13. The van der Waals surface area contributed by atoms with Crippen molar-refractivity contribution in [3.63, 3.8) is 0 Å². The molecule has 2 aromatic carbocycles. The van der Waals surface area contributed by atoms with Crippen LogP contribution in [-0.2, 0) is 33.5 Å². The Bertz CT molecular complexity index is 2250. The molecule has 14 atom stereocenters. The van der Waals surface area contributed by atoms with Crippen molar-refractivity contribution in [3.8, 4) is 23.8 Å². The Kier molecular flexibility index (Phi) is 16.5. The summed E-state index contributed by atoms with van der Waals surface area (Å²) in [6.07, 6.45) is 3.87. The third-order valence-corrected chi connectivity index (χ3v) is 15.0. The molecule has 67 heavy (non-hydrogen) atoms. The zero-order valence-corrected chi connectivity index (χ0v) is 38.1. The number of rotatable bonds is 18. The van der Waals surface area contributed by atoms with Crippen LogP contribution < -0.4 is 4.74 Å². The molecule has 3 fully saturated rings. The highest BCUT2D eigenvalue weighted by atomic mass is 16.7. The van der Waals surface area contributed by atoms with Crippen molar-refractivity contribution < 1.29 is 64.6 Å². The van der Waals surface area contributed by atoms with E-state index in [1.54, 1.807) is 60.5 Å². The Balaban J connectivity index is 1.19. The number of hydrogen-bond donors (Lipinski definition) is 8. The van der Waals surface area contributed by atoms with Gasteiger partial charge in [0.05, 0.1) is 42.1 Å². The van der Waals surface area contributed by atoms with Gasteiger partial charge >= 0.3 is 5.97 Å². The number of benzene rings is 2. The van der Waals surface area contributed by atoms with E-state index in [4.69, 9.17) is 18.9 Å². The van der Waals surface area contributed by atoms with Gasteiger partial charge in [0.1, 0.15) is 42.3 Å². The van der Waals surface area contributed by atoms with Gasteiger partial charge < -0.3 is 64.4 Å². The highest BCUT2D eigenvalue weighted by Gasteiger charge is 2.60. The van der Waals surface area contributed by atoms with E-state index in [9.17, 15) is 50.9 Å². The number of allylic oxidation sites excluding steroid dienone is 1. The standard InChI is InChI=1S/C52H66N2O13/c1-3-6-35-14-16-41(24-38(35)23-39(31-64-2)43(30-56)54-18-17-33(28-53)29-54)66-50-52(63)27-42(44(57)7-5-20-65-45(8-4-19-55)47(67-50)46(58)48(52)59)37-13-15-40-22-34(25-51(40,62)26-37)21-32-9-11-36(12-10-32)49(60)61/h3,9-12,14,16-18,24,29,34,37,39-40,42-48,50,55-59,62-63H,1,4,6-8,13,15,19,21-23,25-27,30-31H2,2H3,(H,60,61)/t34-,37+,39-,40+,42+,43+,44-,45-,46+,47+,48-,50-,51+,52+/m0/s1. The number of carbonyl (C=O) groups is 1. The van der Waals surface area contributed by atoms with Gasteiger partial charge in [0.15, 0.2) is 5.60 Å². The Hall–Kier alpha value is -4.78. The number of carboxylic acids is 1. The largest absolute Gasteiger partial charge is 0.478 e. The first kappa shape index (κ1) is 50.1. The number of aromatic carboxylic acids is 1. The van der Waals surface area contributed by atoms with Crippen molar-refractivity contribution in [3.05, 3.63) is 101 Å². The normalized spacial score (nSPS) is 32.5. The zero-order chi connectivity index (χ0) is 47.9. The van der Waals surface area contributed by atoms with Gasteiger partial charge in [-0.1, -0.05) is 30.2 Å². The maximum Gasteiger partial charge on any atom is 0.335 e. The summed E-state index contributed by atoms with van der Waals surface area (Å²) in [7, 11) is 1.58. The van der Waals surface area contributed by atoms with E-state index in [1.807, 2.05) is 18.2 Å². The minimum Gasteiger partial charge on any atom is -0.478 e. The first-order valence-electron chi connectivity index (χ1n) is 23.5. The minimum absolute atomic E-state index is 0.00228. The predicted octanol–water partition coefficient (Wildman–Crippen LogP) is 4.07. The molecule has 362 valence electrons. The summed E-state index contributed by atoms with van der Waals surface area (Å²) < 4.78 is 26.5. The molecule has 0 radical (unpaired) electrons. The summed E-state index contributed by atoms with van der Waals surface area (Å²) in [6, 6.07) is 15.5. The van der Waals surface area contributed by atoms with Gasteiger partial charge in [-0.25, -0.2) is 4.79 Å². The molecule has 2 saturated carbocycles. The smallest absolute Gasteiger partial charge is 0.335 e. The van der Waals surface area contributed by atoms with Gasteiger partial charge in [-0.2, -0.15) is 5.26 Å². The van der Waals surface area contributed by atoms with Crippen molar-refractivity contribution in [2.24, 2.45) is 29.6 Å². The molecule has 15 heteroatoms. The van der Waals surface area contributed by atoms with Crippen LogP contribution in [0, 0.1) is 52.9 Å². The molecule has 5 aliphatic rings. The average molecular weight is 927 g/mol. The van der Waals surface area contributed by atoms with Crippen LogP contribution in [0.25, 0.3) is 0 Å². The number of nitrogens with zero attached hydrogens (tertiary/aromatic N) is 2. The summed E-state index contributed by atoms with van der Waals surface area (Å²) in [5, 5.41) is 100. The lowest BCUT2D eigenvalue weighted by atomic mass is 9.64. The molecule has 2 bridgehead atoms. The lowest BCUT2D eigenvalue weighted by Gasteiger charge is -2.52. The molecule has 1 aromatic heterocycles. The monoisotopic (exact) mass is 926 g/mol. The highest BCUT2D eigenvalue weighted by Crippen LogP contribution is 2.54. The summed E-state index contributed by atoms with van der Waals surface area (Å²) in [6.45, 7) is 3.79. The Labute approximate surface area is 392 Å². The molecule has 3 aliphatic heterocycles. The number of carboxylic acid groups (broad SMARTS) is 1. The first-order valence-corrected chi connectivity index (χ1v) is 23.5. The second-order valence-electron chi connectivity index (χ2n) is 19.3. The van der Waals surface area contributed by atoms with Crippen LogP contribution in [0.5, 0.6) is 5.75 Å². The van der Waals surface area contributed by atoms with E-state index in [2.05, 4.69) is 24.7 Å². The molecule has 3 aromatic rings. The summed E-state index contributed by atoms with van der Waals surface area (Å²) >= 11 is 0. The number of methoxy groups -OCH3 is 1. The van der Waals surface area contributed by atoms with Crippen molar-refractivity contribution in [2.75, 3.05) is 26.9 Å². The van der Waals surface area contributed by atoms with Gasteiger partial charge in [0.25, 0.3) is 0 Å². The maximum absolute atomic E-state index is 13.0. The van der Waals surface area contributed by atoms with Crippen LogP contribution >= 0.6 is 0 Å². The van der Waals surface area contributed by atoms with Crippen molar-refractivity contribution in [1.82, 2.24) is 4.57 Å². The molecule has 0 amide bonds. The van der Waals surface area contributed by atoms with Crippen LogP contribution in [0.4, 0.5) is 0 Å². The zero-order valence-electron chi connectivity index (χ0n) is 38.1. The van der Waals surface area contributed by atoms with Gasteiger partial charge in [0, 0.05) is 38.4 Å². The van der Waals surface area contributed by atoms with Crippen LogP contribution in [-0.4, -0.2) is 126 Å². The number of aliphatic hydroxyl groups is 7. The SMILES string of the molecule is C=CCc1ccc(O[C@H]2O[C@H]3[C@@H](O)[C@H](O)[C@]2(O)C[C@H]([C@@H]2CC[C@@H]4C[C@H](Cc5ccc(C(=O)O)cc5)C[C@@]4(O)C2)[C@@H](O)CC#CO[C@H]3CCCO)cc1C[C@@H](COC)[C@@H](CO)n1ccc(C#N)c1. The van der Waals surface area contributed by atoms with E-state index in [0.717, 1.165) is 23.1 Å².